The lowest BCUT2D eigenvalue weighted by Gasteiger charge is -2.50. The van der Waals surface area contributed by atoms with E-state index in [4.69, 9.17) is 10.5 Å². The SMILES string of the molecule is NC1NC2OC3CNC(C4CCCCC4)NC3C(=O)C2CC1CO. The number of ketones is 1. The molecule has 7 heteroatoms. The second kappa shape index (κ2) is 6.97. The summed E-state index contributed by atoms with van der Waals surface area (Å²) in [6, 6.07) is -0.241. The maximum absolute atomic E-state index is 13.1. The summed E-state index contributed by atoms with van der Waals surface area (Å²) in [6.07, 6.45) is 6.37. The van der Waals surface area contributed by atoms with Crippen LogP contribution in [-0.4, -0.2) is 54.7 Å². The van der Waals surface area contributed by atoms with Gasteiger partial charge in [0.25, 0.3) is 0 Å². The Labute approximate surface area is 143 Å². The third-order valence-electron chi connectivity index (χ3n) is 6.41. The number of aliphatic hydroxyl groups is 1. The molecule has 4 aliphatic rings. The zero-order valence-corrected chi connectivity index (χ0v) is 14.1. The lowest BCUT2D eigenvalue weighted by Crippen LogP contribution is -2.73. The molecule has 136 valence electrons. The van der Waals surface area contributed by atoms with Crippen LogP contribution in [0.3, 0.4) is 0 Å². The lowest BCUT2D eigenvalue weighted by atomic mass is 9.78. The molecule has 3 aliphatic heterocycles. The number of carbonyl (C=O) groups is 1. The Morgan fingerprint density at radius 2 is 2.00 bits per heavy atom. The van der Waals surface area contributed by atoms with Crippen LogP contribution < -0.4 is 21.7 Å². The van der Waals surface area contributed by atoms with Gasteiger partial charge in [0.2, 0.25) is 0 Å². The van der Waals surface area contributed by atoms with Gasteiger partial charge in [-0.1, -0.05) is 19.3 Å². The van der Waals surface area contributed by atoms with Gasteiger partial charge >= 0.3 is 0 Å². The number of Topliss-reactive ketones (excluding diaryl/α,β-unsaturated/α-hetero) is 1. The molecule has 0 amide bonds. The molecule has 4 fully saturated rings. The average Bonchev–Trinajstić information content (AvgIpc) is 2.62. The molecule has 3 saturated heterocycles. The van der Waals surface area contributed by atoms with E-state index in [9.17, 15) is 9.90 Å². The van der Waals surface area contributed by atoms with Crippen molar-refractivity contribution < 1.29 is 14.6 Å². The van der Waals surface area contributed by atoms with Crippen molar-refractivity contribution in [3.63, 3.8) is 0 Å². The van der Waals surface area contributed by atoms with Gasteiger partial charge in [0.15, 0.2) is 5.78 Å². The van der Waals surface area contributed by atoms with Crippen molar-refractivity contribution in [2.45, 2.75) is 69.2 Å². The molecule has 7 atom stereocenters. The molecule has 3 heterocycles. The molecule has 0 aromatic rings. The molecule has 0 spiro atoms. The summed E-state index contributed by atoms with van der Waals surface area (Å²) in [6.45, 7) is 0.701. The first kappa shape index (κ1) is 16.9. The smallest absolute Gasteiger partial charge is 0.159 e. The third kappa shape index (κ3) is 3.02. The molecule has 0 aromatic carbocycles. The van der Waals surface area contributed by atoms with Crippen molar-refractivity contribution in [1.29, 1.82) is 0 Å². The fraction of sp³-hybridized carbons (Fsp3) is 0.941. The van der Waals surface area contributed by atoms with E-state index in [1.165, 1.54) is 32.1 Å². The first-order chi connectivity index (χ1) is 11.7. The quantitative estimate of drug-likeness (QED) is 0.451. The van der Waals surface area contributed by atoms with Crippen molar-refractivity contribution in [3.8, 4) is 0 Å². The van der Waals surface area contributed by atoms with Gasteiger partial charge in [-0.3, -0.25) is 20.7 Å². The Kier molecular flexibility index (Phi) is 4.90. The highest BCUT2D eigenvalue weighted by atomic mass is 16.5. The van der Waals surface area contributed by atoms with E-state index < -0.39 is 0 Å². The highest BCUT2D eigenvalue weighted by Gasteiger charge is 2.51. The predicted octanol–water partition coefficient (Wildman–Crippen LogP) is -0.749. The topological polar surface area (TPSA) is 109 Å². The molecule has 0 radical (unpaired) electrons. The van der Waals surface area contributed by atoms with Gasteiger partial charge in [-0.05, 0) is 25.2 Å². The number of aliphatic hydroxyl groups excluding tert-OH is 1. The number of nitrogens with two attached hydrogens (primary N) is 1. The van der Waals surface area contributed by atoms with E-state index in [2.05, 4.69) is 16.0 Å². The van der Waals surface area contributed by atoms with Crippen LogP contribution in [0.1, 0.15) is 38.5 Å². The maximum atomic E-state index is 13.1. The standard InChI is InChI=1S/C17H30N4O3/c18-15-10(8-22)6-11-14(23)13-12(24-17(11)21-15)7-19-16(20-13)9-4-2-1-3-5-9/h9-13,15-17,19-22H,1-8,18H2. The van der Waals surface area contributed by atoms with E-state index in [0.29, 0.717) is 18.9 Å². The maximum Gasteiger partial charge on any atom is 0.159 e. The van der Waals surface area contributed by atoms with Gasteiger partial charge in [0.05, 0.1) is 30.4 Å². The zero-order valence-electron chi connectivity index (χ0n) is 14.1. The number of hydrogen-bond acceptors (Lipinski definition) is 7. The zero-order chi connectivity index (χ0) is 16.7. The summed E-state index contributed by atoms with van der Waals surface area (Å²) in [5.41, 5.74) is 6.04. The summed E-state index contributed by atoms with van der Waals surface area (Å²) < 4.78 is 6.15. The number of ether oxygens (including phenoxy) is 1. The molecule has 24 heavy (non-hydrogen) atoms. The van der Waals surface area contributed by atoms with E-state index in [0.717, 1.165) is 0 Å². The Bertz CT molecular complexity index is 471. The molecule has 0 bridgehead atoms. The minimum absolute atomic E-state index is 0.00154. The molecular formula is C17H30N4O3. The minimum atomic E-state index is -0.327. The van der Waals surface area contributed by atoms with Gasteiger partial charge in [-0.2, -0.15) is 0 Å². The second-order valence-electron chi connectivity index (χ2n) is 7.90. The summed E-state index contributed by atoms with van der Waals surface area (Å²) in [7, 11) is 0. The Hall–Kier alpha value is -0.570. The average molecular weight is 338 g/mol. The molecule has 0 aromatic heterocycles. The van der Waals surface area contributed by atoms with E-state index >= 15 is 0 Å². The molecule has 7 unspecified atom stereocenters. The van der Waals surface area contributed by atoms with Crippen LogP contribution in [0.25, 0.3) is 0 Å². The molecule has 1 saturated carbocycles. The Morgan fingerprint density at radius 1 is 1.21 bits per heavy atom. The van der Waals surface area contributed by atoms with E-state index in [1.807, 2.05) is 0 Å². The number of piperidine rings is 1. The summed E-state index contributed by atoms with van der Waals surface area (Å²) in [5, 5.41) is 19.8. The Morgan fingerprint density at radius 3 is 2.75 bits per heavy atom. The summed E-state index contributed by atoms with van der Waals surface area (Å²) in [4.78, 5) is 13.1. The van der Waals surface area contributed by atoms with Crippen LogP contribution in [0.2, 0.25) is 0 Å². The van der Waals surface area contributed by atoms with Gasteiger partial charge < -0.3 is 15.6 Å². The summed E-state index contributed by atoms with van der Waals surface area (Å²) in [5.74, 6) is 0.511. The normalized spacial score (nSPS) is 47.1. The van der Waals surface area contributed by atoms with Crippen LogP contribution in [0.15, 0.2) is 0 Å². The third-order valence-corrected chi connectivity index (χ3v) is 6.41. The molecular weight excluding hydrogens is 308 g/mol. The molecule has 4 rings (SSSR count). The van der Waals surface area contributed by atoms with Crippen LogP contribution in [0, 0.1) is 17.8 Å². The Balaban J connectivity index is 1.45. The first-order valence-electron chi connectivity index (χ1n) is 9.48. The van der Waals surface area contributed by atoms with Gasteiger partial charge in [-0.15, -0.1) is 0 Å². The van der Waals surface area contributed by atoms with E-state index in [-0.39, 0.29) is 54.9 Å². The number of nitrogens with one attached hydrogen (secondary N) is 3. The number of fused-ring (bicyclic) bond motifs is 2. The van der Waals surface area contributed by atoms with Crippen LogP contribution in [-0.2, 0) is 9.53 Å². The highest BCUT2D eigenvalue weighted by molar-refractivity contribution is 5.88. The second-order valence-corrected chi connectivity index (χ2v) is 7.90. The monoisotopic (exact) mass is 338 g/mol. The largest absolute Gasteiger partial charge is 0.396 e. The van der Waals surface area contributed by atoms with Crippen molar-refractivity contribution in [2.24, 2.45) is 23.5 Å². The van der Waals surface area contributed by atoms with Crippen molar-refractivity contribution in [2.75, 3.05) is 13.2 Å². The number of hydrogen-bond donors (Lipinski definition) is 5. The van der Waals surface area contributed by atoms with Crippen LogP contribution >= 0.6 is 0 Å². The fourth-order valence-electron chi connectivity index (χ4n) is 4.93. The van der Waals surface area contributed by atoms with Gasteiger partial charge in [0, 0.05) is 19.1 Å². The van der Waals surface area contributed by atoms with Gasteiger partial charge in [0.1, 0.15) is 6.23 Å². The fourth-order valence-corrected chi connectivity index (χ4v) is 4.93. The minimum Gasteiger partial charge on any atom is -0.396 e. The lowest BCUT2D eigenvalue weighted by molar-refractivity contribution is -0.172. The van der Waals surface area contributed by atoms with Crippen molar-refractivity contribution >= 4 is 5.78 Å². The van der Waals surface area contributed by atoms with E-state index in [1.54, 1.807) is 0 Å². The van der Waals surface area contributed by atoms with Crippen LogP contribution in [0.4, 0.5) is 0 Å². The van der Waals surface area contributed by atoms with Crippen molar-refractivity contribution in [1.82, 2.24) is 16.0 Å². The van der Waals surface area contributed by atoms with Crippen molar-refractivity contribution in [3.05, 3.63) is 0 Å². The van der Waals surface area contributed by atoms with Gasteiger partial charge in [-0.25, -0.2) is 0 Å². The molecule has 1 aliphatic carbocycles. The number of rotatable bonds is 2. The summed E-state index contributed by atoms with van der Waals surface area (Å²) >= 11 is 0. The first-order valence-corrected chi connectivity index (χ1v) is 9.48. The van der Waals surface area contributed by atoms with Crippen LogP contribution in [0.5, 0.6) is 0 Å². The highest BCUT2D eigenvalue weighted by Crippen LogP contribution is 2.34. The molecule has 6 N–H and O–H groups in total. The predicted molar refractivity (Wildman–Crippen MR) is 88.8 cm³/mol. The molecule has 7 nitrogen and oxygen atoms in total. The number of carbonyl (C=O) groups excluding carboxylic acids is 1.